The summed E-state index contributed by atoms with van der Waals surface area (Å²) in [7, 11) is 0. The van der Waals surface area contributed by atoms with Gasteiger partial charge in [0.2, 0.25) is 0 Å². The van der Waals surface area contributed by atoms with Gasteiger partial charge in [0.05, 0.1) is 0 Å². The lowest BCUT2D eigenvalue weighted by atomic mass is 9.53. The van der Waals surface area contributed by atoms with Gasteiger partial charge in [0.1, 0.15) is 0 Å². The van der Waals surface area contributed by atoms with Crippen molar-refractivity contribution in [3.63, 3.8) is 0 Å². The Bertz CT molecular complexity index is 344. The lowest BCUT2D eigenvalue weighted by molar-refractivity contribution is -0.0204. The van der Waals surface area contributed by atoms with Crippen LogP contribution in [0.5, 0.6) is 0 Å². The molecule has 112 valence electrons. The Morgan fingerprint density at radius 1 is 0.900 bits per heavy atom. The fourth-order valence-corrected chi connectivity index (χ4v) is 7.08. The molecule has 6 rings (SSSR count). The second-order valence-electron chi connectivity index (χ2n) is 8.98. The van der Waals surface area contributed by atoms with E-state index in [4.69, 9.17) is 0 Å². The van der Waals surface area contributed by atoms with Crippen LogP contribution in [-0.2, 0) is 0 Å². The quantitative estimate of drug-likeness (QED) is 0.826. The maximum Gasteiger partial charge on any atom is 0.0198 e. The molecule has 5 aliphatic carbocycles. The van der Waals surface area contributed by atoms with E-state index in [2.05, 4.69) is 10.6 Å². The molecule has 6 aliphatic rings. The van der Waals surface area contributed by atoms with Crippen molar-refractivity contribution in [3.8, 4) is 0 Å². The molecule has 6 fully saturated rings. The first-order valence-electron chi connectivity index (χ1n) is 9.29. The van der Waals surface area contributed by atoms with Crippen LogP contribution in [0.1, 0.15) is 64.2 Å². The number of fused-ring (bicyclic) bond motifs is 1. The molecule has 4 bridgehead atoms. The lowest BCUT2D eigenvalue weighted by Gasteiger charge is -2.57. The lowest BCUT2D eigenvalue weighted by Crippen LogP contribution is -2.60. The van der Waals surface area contributed by atoms with E-state index < -0.39 is 0 Å². The van der Waals surface area contributed by atoms with Crippen LogP contribution in [0.2, 0.25) is 0 Å². The van der Waals surface area contributed by atoms with E-state index in [1.165, 1.54) is 51.5 Å². The maximum atomic E-state index is 4.10. The Hall–Kier alpha value is -0.0800. The third-order valence-electron chi connectivity index (χ3n) is 7.46. The van der Waals surface area contributed by atoms with Gasteiger partial charge in [-0.25, -0.2) is 0 Å². The summed E-state index contributed by atoms with van der Waals surface area (Å²) in [6.07, 6.45) is 15.0. The molecule has 0 aromatic rings. The number of nitrogens with one attached hydrogen (secondary N) is 2. The molecule has 3 atom stereocenters. The molecule has 0 amide bonds. The molecule has 0 aromatic heterocycles. The van der Waals surface area contributed by atoms with Crippen LogP contribution in [0, 0.1) is 23.7 Å². The monoisotopic (exact) mass is 274 g/mol. The summed E-state index contributed by atoms with van der Waals surface area (Å²) in [6.45, 7) is 1.25. The van der Waals surface area contributed by atoms with Crippen molar-refractivity contribution in [2.45, 2.75) is 81.8 Å². The van der Waals surface area contributed by atoms with Gasteiger partial charge in [0.15, 0.2) is 0 Å². The highest BCUT2D eigenvalue weighted by Gasteiger charge is 2.51. The predicted molar refractivity (Wildman–Crippen MR) is 81.6 cm³/mol. The smallest absolute Gasteiger partial charge is 0.0198 e. The van der Waals surface area contributed by atoms with Gasteiger partial charge >= 0.3 is 0 Å². The van der Waals surface area contributed by atoms with E-state index in [1.54, 1.807) is 19.3 Å². The molecule has 3 unspecified atom stereocenters. The number of rotatable bonds is 3. The number of hydrogen-bond acceptors (Lipinski definition) is 2. The Morgan fingerprint density at radius 2 is 1.60 bits per heavy atom. The van der Waals surface area contributed by atoms with Crippen LogP contribution in [0.15, 0.2) is 0 Å². The Kier molecular flexibility index (Phi) is 2.78. The van der Waals surface area contributed by atoms with Crippen molar-refractivity contribution in [2.75, 3.05) is 6.54 Å². The van der Waals surface area contributed by atoms with E-state index in [0.717, 1.165) is 35.8 Å². The summed E-state index contributed by atoms with van der Waals surface area (Å²) in [5.74, 6) is 4.23. The van der Waals surface area contributed by atoms with Gasteiger partial charge in [-0.2, -0.15) is 0 Å². The molecule has 2 nitrogen and oxygen atoms in total. The minimum Gasteiger partial charge on any atom is -0.310 e. The van der Waals surface area contributed by atoms with Gasteiger partial charge in [-0.15, -0.1) is 0 Å². The van der Waals surface area contributed by atoms with Crippen LogP contribution in [0.4, 0.5) is 0 Å². The van der Waals surface area contributed by atoms with Crippen molar-refractivity contribution in [3.05, 3.63) is 0 Å². The first-order valence-corrected chi connectivity index (χ1v) is 9.29. The van der Waals surface area contributed by atoms with Gasteiger partial charge in [-0.05, 0) is 81.5 Å². The maximum absolute atomic E-state index is 4.10. The molecule has 5 saturated carbocycles. The molecule has 2 heteroatoms. The van der Waals surface area contributed by atoms with Crippen molar-refractivity contribution >= 4 is 0 Å². The zero-order chi connectivity index (χ0) is 13.2. The van der Waals surface area contributed by atoms with Crippen molar-refractivity contribution in [1.82, 2.24) is 10.6 Å². The predicted octanol–water partition coefficient (Wildman–Crippen LogP) is 3.08. The van der Waals surface area contributed by atoms with Gasteiger partial charge in [-0.3, -0.25) is 0 Å². The Morgan fingerprint density at radius 3 is 2.25 bits per heavy atom. The molecule has 1 heterocycles. The highest BCUT2D eigenvalue weighted by molar-refractivity contribution is 5.07. The Labute approximate surface area is 123 Å². The second kappa shape index (κ2) is 4.46. The van der Waals surface area contributed by atoms with E-state index in [-0.39, 0.29) is 0 Å². The summed E-state index contributed by atoms with van der Waals surface area (Å²) < 4.78 is 0. The van der Waals surface area contributed by atoms with Gasteiger partial charge in [0.25, 0.3) is 0 Å². The normalized spacial score (nSPS) is 56.4. The van der Waals surface area contributed by atoms with Crippen LogP contribution in [0.25, 0.3) is 0 Å². The van der Waals surface area contributed by atoms with E-state index in [0.29, 0.717) is 5.54 Å². The molecule has 0 spiro atoms. The minimum absolute atomic E-state index is 0.564. The van der Waals surface area contributed by atoms with Crippen LogP contribution in [0.3, 0.4) is 0 Å². The molecule has 1 aliphatic heterocycles. The van der Waals surface area contributed by atoms with Crippen LogP contribution >= 0.6 is 0 Å². The van der Waals surface area contributed by atoms with E-state index in [9.17, 15) is 0 Å². The first-order chi connectivity index (χ1) is 9.78. The molecule has 0 aromatic carbocycles. The summed E-state index contributed by atoms with van der Waals surface area (Å²) in [5.41, 5.74) is 0.564. The molecular weight excluding hydrogens is 244 g/mol. The van der Waals surface area contributed by atoms with Gasteiger partial charge < -0.3 is 10.6 Å². The summed E-state index contributed by atoms with van der Waals surface area (Å²) in [5, 5.41) is 8.02. The zero-order valence-corrected chi connectivity index (χ0v) is 12.7. The summed E-state index contributed by atoms with van der Waals surface area (Å²) in [4.78, 5) is 0. The summed E-state index contributed by atoms with van der Waals surface area (Å²) in [6, 6.07) is 1.65. The SMILES string of the molecule is C1CC2CC(CNC34CC5CC(CC(C5)C3)C4)NC2C1. The molecule has 0 radical (unpaired) electrons. The first kappa shape index (κ1) is 12.5. The van der Waals surface area contributed by atoms with Crippen molar-refractivity contribution in [2.24, 2.45) is 23.7 Å². The molecule has 2 N–H and O–H groups in total. The van der Waals surface area contributed by atoms with Gasteiger partial charge in [0, 0.05) is 24.2 Å². The molecular formula is C18H30N2. The van der Waals surface area contributed by atoms with E-state index >= 15 is 0 Å². The molecule has 20 heavy (non-hydrogen) atoms. The zero-order valence-electron chi connectivity index (χ0n) is 12.7. The highest BCUT2D eigenvalue weighted by atomic mass is 15.1. The third-order valence-corrected chi connectivity index (χ3v) is 7.46. The average Bonchev–Trinajstić information content (AvgIpc) is 2.95. The highest BCUT2D eigenvalue weighted by Crippen LogP contribution is 2.55. The standard InChI is InChI=1S/C18H30N2/c1-2-15-7-16(20-17(15)3-1)11-19-18-8-12-4-13(9-18)6-14(5-12)10-18/h12-17,19-20H,1-11H2. The van der Waals surface area contributed by atoms with Crippen molar-refractivity contribution < 1.29 is 0 Å². The largest absolute Gasteiger partial charge is 0.310 e. The fourth-order valence-electron chi connectivity index (χ4n) is 7.08. The minimum atomic E-state index is 0.564. The van der Waals surface area contributed by atoms with E-state index in [1.807, 2.05) is 0 Å². The Balaban J connectivity index is 1.22. The average molecular weight is 274 g/mol. The van der Waals surface area contributed by atoms with Crippen molar-refractivity contribution in [1.29, 1.82) is 0 Å². The third kappa shape index (κ3) is 1.98. The van der Waals surface area contributed by atoms with Crippen LogP contribution in [-0.4, -0.2) is 24.2 Å². The topological polar surface area (TPSA) is 24.1 Å². The number of hydrogen-bond donors (Lipinski definition) is 2. The fraction of sp³-hybridized carbons (Fsp3) is 1.00. The second-order valence-corrected chi connectivity index (χ2v) is 8.98. The van der Waals surface area contributed by atoms with Gasteiger partial charge in [-0.1, -0.05) is 6.42 Å². The molecule has 1 saturated heterocycles. The summed E-state index contributed by atoms with van der Waals surface area (Å²) >= 11 is 0. The van der Waals surface area contributed by atoms with Crippen LogP contribution < -0.4 is 10.6 Å².